The molecule has 2 unspecified atom stereocenters. The van der Waals surface area contributed by atoms with Crippen molar-refractivity contribution < 1.29 is 9.47 Å². The van der Waals surface area contributed by atoms with E-state index in [0.717, 1.165) is 17.3 Å². The predicted octanol–water partition coefficient (Wildman–Crippen LogP) is 3.50. The first-order chi connectivity index (χ1) is 9.15. The van der Waals surface area contributed by atoms with Gasteiger partial charge in [-0.25, -0.2) is 0 Å². The van der Waals surface area contributed by atoms with Gasteiger partial charge in [-0.3, -0.25) is 0 Å². The highest BCUT2D eigenvalue weighted by Gasteiger charge is 2.16. The average molecular weight is 283 g/mol. The van der Waals surface area contributed by atoms with Gasteiger partial charge in [-0.2, -0.15) is 11.8 Å². The van der Waals surface area contributed by atoms with Crippen LogP contribution in [0.1, 0.15) is 31.9 Å². The summed E-state index contributed by atoms with van der Waals surface area (Å²) in [5.41, 5.74) is 1.18. The van der Waals surface area contributed by atoms with Crippen LogP contribution in [-0.2, 0) is 0 Å². The SMILES string of the molecule is CCC(C)SCC(NC)c1ccc(OC)cc1OC. The van der Waals surface area contributed by atoms with Gasteiger partial charge in [0.25, 0.3) is 0 Å². The van der Waals surface area contributed by atoms with Crippen LogP contribution in [0.25, 0.3) is 0 Å². The zero-order chi connectivity index (χ0) is 14.3. The first-order valence-corrected chi connectivity index (χ1v) is 7.71. The first kappa shape index (κ1) is 16.2. The maximum atomic E-state index is 5.47. The number of nitrogens with one attached hydrogen (secondary N) is 1. The minimum atomic E-state index is 0.292. The summed E-state index contributed by atoms with van der Waals surface area (Å²) in [6.07, 6.45) is 1.20. The minimum Gasteiger partial charge on any atom is -0.497 e. The molecule has 0 aliphatic heterocycles. The van der Waals surface area contributed by atoms with Crippen molar-refractivity contribution in [3.8, 4) is 11.5 Å². The maximum Gasteiger partial charge on any atom is 0.127 e. The van der Waals surface area contributed by atoms with Gasteiger partial charge in [0.1, 0.15) is 11.5 Å². The van der Waals surface area contributed by atoms with Gasteiger partial charge >= 0.3 is 0 Å². The lowest BCUT2D eigenvalue weighted by Gasteiger charge is -2.21. The Hall–Kier alpha value is -0.870. The number of rotatable bonds is 8. The van der Waals surface area contributed by atoms with Crippen LogP contribution in [0.15, 0.2) is 18.2 Å². The van der Waals surface area contributed by atoms with E-state index in [-0.39, 0.29) is 0 Å². The van der Waals surface area contributed by atoms with Crippen molar-refractivity contribution in [1.29, 1.82) is 0 Å². The molecule has 0 radical (unpaired) electrons. The summed E-state index contributed by atoms with van der Waals surface area (Å²) >= 11 is 1.98. The second kappa shape index (κ2) is 8.33. The van der Waals surface area contributed by atoms with Gasteiger partial charge in [0, 0.05) is 28.7 Å². The van der Waals surface area contributed by atoms with Crippen molar-refractivity contribution in [3.63, 3.8) is 0 Å². The van der Waals surface area contributed by atoms with E-state index in [4.69, 9.17) is 9.47 Å². The molecule has 1 aromatic carbocycles. The van der Waals surface area contributed by atoms with Crippen LogP contribution < -0.4 is 14.8 Å². The van der Waals surface area contributed by atoms with E-state index in [2.05, 4.69) is 25.2 Å². The number of benzene rings is 1. The van der Waals surface area contributed by atoms with Crippen molar-refractivity contribution in [2.24, 2.45) is 0 Å². The molecule has 0 aromatic heterocycles. The summed E-state index contributed by atoms with van der Waals surface area (Å²) in [6.45, 7) is 4.49. The molecule has 108 valence electrons. The number of methoxy groups -OCH3 is 2. The molecule has 0 heterocycles. The molecule has 1 N–H and O–H groups in total. The van der Waals surface area contributed by atoms with Crippen LogP contribution in [0.3, 0.4) is 0 Å². The smallest absolute Gasteiger partial charge is 0.127 e. The number of ether oxygens (including phenoxy) is 2. The summed E-state index contributed by atoms with van der Waals surface area (Å²) in [6, 6.07) is 6.29. The zero-order valence-electron chi connectivity index (χ0n) is 12.5. The van der Waals surface area contributed by atoms with E-state index in [9.17, 15) is 0 Å². The molecule has 2 atom stereocenters. The Morgan fingerprint density at radius 3 is 2.53 bits per heavy atom. The molecule has 0 spiro atoms. The van der Waals surface area contributed by atoms with Gasteiger partial charge in [0.2, 0.25) is 0 Å². The number of thioether (sulfide) groups is 1. The van der Waals surface area contributed by atoms with Gasteiger partial charge in [0.15, 0.2) is 0 Å². The molecule has 19 heavy (non-hydrogen) atoms. The summed E-state index contributed by atoms with van der Waals surface area (Å²) in [7, 11) is 5.36. The Morgan fingerprint density at radius 1 is 1.26 bits per heavy atom. The molecular formula is C15H25NO2S. The Kier molecular flexibility index (Phi) is 7.10. The molecule has 0 bridgehead atoms. The van der Waals surface area contributed by atoms with Gasteiger partial charge in [-0.05, 0) is 19.5 Å². The fourth-order valence-electron chi connectivity index (χ4n) is 1.81. The largest absolute Gasteiger partial charge is 0.497 e. The molecular weight excluding hydrogens is 258 g/mol. The van der Waals surface area contributed by atoms with E-state index in [1.165, 1.54) is 12.0 Å². The number of hydrogen-bond donors (Lipinski definition) is 1. The van der Waals surface area contributed by atoms with Crippen LogP contribution >= 0.6 is 11.8 Å². The molecule has 0 aliphatic carbocycles. The van der Waals surface area contributed by atoms with Crippen molar-refractivity contribution in [1.82, 2.24) is 5.32 Å². The zero-order valence-corrected chi connectivity index (χ0v) is 13.3. The third kappa shape index (κ3) is 4.62. The fourth-order valence-corrected chi connectivity index (χ4v) is 2.92. The summed E-state index contributed by atoms with van der Waals surface area (Å²) in [5.74, 6) is 2.74. The van der Waals surface area contributed by atoms with Crippen molar-refractivity contribution in [2.45, 2.75) is 31.6 Å². The summed E-state index contributed by atoms with van der Waals surface area (Å²) in [4.78, 5) is 0. The van der Waals surface area contributed by atoms with E-state index < -0.39 is 0 Å². The lowest BCUT2D eigenvalue weighted by Crippen LogP contribution is -2.20. The predicted molar refractivity (Wildman–Crippen MR) is 83.6 cm³/mol. The molecule has 0 fully saturated rings. The quantitative estimate of drug-likeness (QED) is 0.791. The van der Waals surface area contributed by atoms with Gasteiger partial charge < -0.3 is 14.8 Å². The Bertz CT molecular complexity index is 384. The van der Waals surface area contributed by atoms with Gasteiger partial charge in [-0.15, -0.1) is 0 Å². The molecule has 0 aliphatic rings. The Morgan fingerprint density at radius 2 is 2.00 bits per heavy atom. The third-order valence-electron chi connectivity index (χ3n) is 3.29. The van der Waals surface area contributed by atoms with Crippen molar-refractivity contribution in [2.75, 3.05) is 27.0 Å². The molecule has 0 amide bonds. The molecule has 4 heteroatoms. The standard InChI is InChI=1S/C15H25NO2S/c1-6-11(2)19-10-14(16-3)13-8-7-12(17-4)9-15(13)18-5/h7-9,11,14,16H,6,10H2,1-5H3. The second-order valence-corrected chi connectivity index (χ2v) is 5.97. The summed E-state index contributed by atoms with van der Waals surface area (Å²) < 4.78 is 10.7. The Labute approximate surface area is 121 Å². The molecule has 0 saturated carbocycles. The molecule has 1 aromatic rings. The highest BCUT2D eigenvalue weighted by Crippen LogP contribution is 2.32. The highest BCUT2D eigenvalue weighted by atomic mass is 32.2. The van der Waals surface area contributed by atoms with Crippen LogP contribution in [0.4, 0.5) is 0 Å². The van der Waals surface area contributed by atoms with E-state index >= 15 is 0 Å². The number of hydrogen-bond acceptors (Lipinski definition) is 4. The van der Waals surface area contributed by atoms with Crippen molar-refractivity contribution in [3.05, 3.63) is 23.8 Å². The maximum absolute atomic E-state index is 5.47. The van der Waals surface area contributed by atoms with Crippen LogP contribution in [0.5, 0.6) is 11.5 Å². The van der Waals surface area contributed by atoms with E-state index in [0.29, 0.717) is 11.3 Å². The molecule has 0 saturated heterocycles. The van der Waals surface area contributed by atoms with Crippen LogP contribution in [-0.4, -0.2) is 32.3 Å². The second-order valence-electron chi connectivity index (χ2n) is 4.50. The minimum absolute atomic E-state index is 0.292. The summed E-state index contributed by atoms with van der Waals surface area (Å²) in [5, 5.41) is 4.05. The normalized spacial score (nSPS) is 13.9. The van der Waals surface area contributed by atoms with Crippen LogP contribution in [0, 0.1) is 0 Å². The average Bonchev–Trinajstić information content (AvgIpc) is 2.47. The van der Waals surface area contributed by atoms with Gasteiger partial charge in [-0.1, -0.05) is 19.9 Å². The lowest BCUT2D eigenvalue weighted by molar-refractivity contribution is 0.387. The van der Waals surface area contributed by atoms with E-state index in [1.807, 2.05) is 30.9 Å². The topological polar surface area (TPSA) is 30.5 Å². The monoisotopic (exact) mass is 283 g/mol. The lowest BCUT2D eigenvalue weighted by atomic mass is 10.1. The Balaban J connectivity index is 2.85. The van der Waals surface area contributed by atoms with Crippen molar-refractivity contribution >= 4 is 11.8 Å². The van der Waals surface area contributed by atoms with E-state index in [1.54, 1.807) is 14.2 Å². The molecule has 1 rings (SSSR count). The first-order valence-electron chi connectivity index (χ1n) is 6.67. The van der Waals surface area contributed by atoms with Gasteiger partial charge in [0.05, 0.1) is 14.2 Å². The highest BCUT2D eigenvalue weighted by molar-refractivity contribution is 7.99. The molecule has 3 nitrogen and oxygen atoms in total. The third-order valence-corrected chi connectivity index (χ3v) is 4.71. The van der Waals surface area contributed by atoms with Crippen LogP contribution in [0.2, 0.25) is 0 Å². The fraction of sp³-hybridized carbons (Fsp3) is 0.600.